The first-order chi connectivity index (χ1) is 8.63. The normalized spacial score (nSPS) is 21.0. The minimum absolute atomic E-state index is 0.761. The fraction of sp³-hybridized carbons (Fsp3) is 0.733. The molecule has 18 heavy (non-hydrogen) atoms. The van der Waals surface area contributed by atoms with E-state index in [0.29, 0.717) is 0 Å². The number of nitrogens with one attached hydrogen (secondary N) is 1. The van der Waals surface area contributed by atoms with Crippen molar-refractivity contribution in [3.8, 4) is 0 Å². The molecular formula is C15H26N2S. The van der Waals surface area contributed by atoms with E-state index in [1.165, 1.54) is 35.8 Å². The van der Waals surface area contributed by atoms with Crippen LogP contribution in [0, 0.1) is 18.8 Å². The van der Waals surface area contributed by atoms with Crippen molar-refractivity contribution in [1.29, 1.82) is 0 Å². The zero-order valence-electron chi connectivity index (χ0n) is 11.9. The Morgan fingerprint density at radius 3 is 2.94 bits per heavy atom. The Hall–Kier alpha value is -0.380. The molecule has 1 saturated heterocycles. The van der Waals surface area contributed by atoms with Crippen molar-refractivity contribution >= 4 is 11.3 Å². The lowest BCUT2D eigenvalue weighted by molar-refractivity contribution is 0.316. The molecule has 1 N–H and O–H groups in total. The first-order valence-corrected chi connectivity index (χ1v) is 7.93. The molecule has 102 valence electrons. The number of likely N-dealkylation sites (tertiary alicyclic amines) is 1. The molecule has 0 amide bonds. The van der Waals surface area contributed by atoms with Crippen LogP contribution < -0.4 is 5.32 Å². The van der Waals surface area contributed by atoms with Gasteiger partial charge in [-0.2, -0.15) is 0 Å². The molecule has 0 spiro atoms. The molecule has 1 fully saturated rings. The first-order valence-electron chi connectivity index (χ1n) is 7.12. The summed E-state index contributed by atoms with van der Waals surface area (Å²) in [6.45, 7) is 12.8. The lowest BCUT2D eigenvalue weighted by Crippen LogP contribution is -2.28. The molecule has 0 aromatic carbocycles. The molecule has 0 saturated carbocycles. The quantitative estimate of drug-likeness (QED) is 0.851. The van der Waals surface area contributed by atoms with Crippen molar-refractivity contribution in [2.24, 2.45) is 11.8 Å². The topological polar surface area (TPSA) is 15.3 Å². The van der Waals surface area contributed by atoms with E-state index in [1.807, 2.05) is 11.3 Å². The Kier molecular flexibility index (Phi) is 5.22. The van der Waals surface area contributed by atoms with E-state index in [-0.39, 0.29) is 0 Å². The van der Waals surface area contributed by atoms with Gasteiger partial charge in [0.1, 0.15) is 0 Å². The molecule has 1 unspecified atom stereocenters. The van der Waals surface area contributed by atoms with Gasteiger partial charge in [0.2, 0.25) is 0 Å². The number of thiophene rings is 1. The fourth-order valence-corrected chi connectivity index (χ4v) is 3.52. The summed E-state index contributed by atoms with van der Waals surface area (Å²) < 4.78 is 0. The number of nitrogens with zero attached hydrogens (tertiary/aromatic N) is 1. The maximum atomic E-state index is 3.59. The molecule has 0 bridgehead atoms. The summed E-state index contributed by atoms with van der Waals surface area (Å²) in [4.78, 5) is 5.55. The first kappa shape index (κ1) is 14.0. The smallest absolute Gasteiger partial charge is 0.0328 e. The summed E-state index contributed by atoms with van der Waals surface area (Å²) in [7, 11) is 0. The molecule has 0 radical (unpaired) electrons. The van der Waals surface area contributed by atoms with Gasteiger partial charge in [0, 0.05) is 22.8 Å². The van der Waals surface area contributed by atoms with Gasteiger partial charge < -0.3 is 5.32 Å². The number of rotatable bonds is 6. The molecule has 1 aliphatic rings. The molecular weight excluding hydrogens is 240 g/mol. The predicted octanol–water partition coefficient (Wildman–Crippen LogP) is 3.12. The van der Waals surface area contributed by atoms with E-state index in [0.717, 1.165) is 24.9 Å². The number of hydrogen-bond donors (Lipinski definition) is 1. The van der Waals surface area contributed by atoms with Crippen molar-refractivity contribution in [3.63, 3.8) is 0 Å². The van der Waals surface area contributed by atoms with E-state index < -0.39 is 0 Å². The van der Waals surface area contributed by atoms with Crippen LogP contribution in [0.25, 0.3) is 0 Å². The van der Waals surface area contributed by atoms with Gasteiger partial charge >= 0.3 is 0 Å². The van der Waals surface area contributed by atoms with Crippen LogP contribution in [-0.4, -0.2) is 31.1 Å². The van der Waals surface area contributed by atoms with E-state index in [4.69, 9.17) is 0 Å². The summed E-state index contributed by atoms with van der Waals surface area (Å²) in [5.74, 6) is 1.61. The third-order valence-electron chi connectivity index (χ3n) is 3.53. The van der Waals surface area contributed by atoms with Crippen molar-refractivity contribution in [2.75, 3.05) is 26.2 Å². The molecule has 1 atom stereocenters. The average Bonchev–Trinajstić information content (AvgIpc) is 2.89. The Morgan fingerprint density at radius 2 is 2.28 bits per heavy atom. The van der Waals surface area contributed by atoms with Crippen LogP contribution in [0.15, 0.2) is 12.1 Å². The van der Waals surface area contributed by atoms with Crippen LogP contribution in [0.3, 0.4) is 0 Å². The highest BCUT2D eigenvalue weighted by Crippen LogP contribution is 2.22. The van der Waals surface area contributed by atoms with E-state index >= 15 is 0 Å². The van der Waals surface area contributed by atoms with Gasteiger partial charge in [-0.3, -0.25) is 4.90 Å². The van der Waals surface area contributed by atoms with E-state index in [2.05, 4.69) is 43.1 Å². The van der Waals surface area contributed by atoms with Gasteiger partial charge in [0.05, 0.1) is 0 Å². The van der Waals surface area contributed by atoms with Crippen molar-refractivity contribution < 1.29 is 0 Å². The summed E-state index contributed by atoms with van der Waals surface area (Å²) in [5.41, 5.74) is 0. The third-order valence-corrected chi connectivity index (χ3v) is 4.52. The van der Waals surface area contributed by atoms with Crippen LogP contribution in [0.4, 0.5) is 0 Å². The van der Waals surface area contributed by atoms with Gasteiger partial charge in [-0.1, -0.05) is 13.8 Å². The lowest BCUT2D eigenvalue weighted by atomic mass is 10.1. The van der Waals surface area contributed by atoms with Crippen molar-refractivity contribution in [2.45, 2.75) is 33.7 Å². The molecule has 3 heteroatoms. The molecule has 1 aliphatic heterocycles. The largest absolute Gasteiger partial charge is 0.316 e. The maximum Gasteiger partial charge on any atom is 0.0328 e. The Bertz CT molecular complexity index is 359. The Morgan fingerprint density at radius 1 is 1.44 bits per heavy atom. The Labute approximate surface area is 115 Å². The minimum atomic E-state index is 0.761. The monoisotopic (exact) mass is 266 g/mol. The second-order valence-corrected chi connectivity index (χ2v) is 7.33. The highest BCUT2D eigenvalue weighted by molar-refractivity contribution is 7.11. The van der Waals surface area contributed by atoms with Crippen LogP contribution in [0.5, 0.6) is 0 Å². The van der Waals surface area contributed by atoms with Crippen LogP contribution in [0.1, 0.15) is 30.0 Å². The van der Waals surface area contributed by atoms with Gasteiger partial charge in [0.25, 0.3) is 0 Å². The molecule has 0 aliphatic carbocycles. The standard InChI is InChI=1S/C15H26N2S/c1-12(2)8-16-9-14-6-7-17(10-14)11-15-5-4-13(3)18-15/h4-5,12,14,16H,6-11H2,1-3H3. The van der Waals surface area contributed by atoms with Gasteiger partial charge in [-0.05, 0) is 56.9 Å². The number of aryl methyl sites for hydroxylation is 1. The third kappa shape index (κ3) is 4.38. The second kappa shape index (κ2) is 6.69. The van der Waals surface area contributed by atoms with Gasteiger partial charge in [-0.25, -0.2) is 0 Å². The minimum Gasteiger partial charge on any atom is -0.316 e. The van der Waals surface area contributed by atoms with Crippen molar-refractivity contribution in [3.05, 3.63) is 21.9 Å². The highest BCUT2D eigenvalue weighted by Gasteiger charge is 2.22. The fourth-order valence-electron chi connectivity index (χ4n) is 2.59. The average molecular weight is 266 g/mol. The molecule has 1 aromatic heterocycles. The molecule has 2 rings (SSSR count). The zero-order valence-corrected chi connectivity index (χ0v) is 12.7. The van der Waals surface area contributed by atoms with Gasteiger partial charge in [-0.15, -0.1) is 11.3 Å². The summed E-state index contributed by atoms with van der Waals surface area (Å²) in [6.07, 6.45) is 1.36. The second-order valence-electron chi connectivity index (χ2n) is 5.95. The Balaban J connectivity index is 1.68. The molecule has 1 aromatic rings. The predicted molar refractivity (Wildman–Crippen MR) is 80.1 cm³/mol. The maximum absolute atomic E-state index is 3.59. The van der Waals surface area contributed by atoms with Crippen molar-refractivity contribution in [1.82, 2.24) is 10.2 Å². The van der Waals surface area contributed by atoms with Crippen LogP contribution in [0.2, 0.25) is 0 Å². The zero-order chi connectivity index (χ0) is 13.0. The molecule has 2 heterocycles. The van der Waals surface area contributed by atoms with Gasteiger partial charge in [0.15, 0.2) is 0 Å². The summed E-state index contributed by atoms with van der Waals surface area (Å²) in [5, 5.41) is 3.59. The highest BCUT2D eigenvalue weighted by atomic mass is 32.1. The number of hydrogen-bond acceptors (Lipinski definition) is 3. The molecule has 2 nitrogen and oxygen atoms in total. The van der Waals surface area contributed by atoms with E-state index in [9.17, 15) is 0 Å². The summed E-state index contributed by atoms with van der Waals surface area (Å²) in [6, 6.07) is 4.52. The SMILES string of the molecule is Cc1ccc(CN2CCC(CNCC(C)C)C2)s1. The summed E-state index contributed by atoms with van der Waals surface area (Å²) >= 11 is 1.94. The van der Waals surface area contributed by atoms with Crippen LogP contribution in [-0.2, 0) is 6.54 Å². The van der Waals surface area contributed by atoms with E-state index in [1.54, 1.807) is 0 Å². The van der Waals surface area contributed by atoms with Crippen LogP contribution >= 0.6 is 11.3 Å². The lowest BCUT2D eigenvalue weighted by Gasteiger charge is -2.16.